The van der Waals surface area contributed by atoms with Crippen molar-refractivity contribution in [3.8, 4) is 5.69 Å². The van der Waals surface area contributed by atoms with Crippen molar-refractivity contribution in [2.45, 2.75) is 36.6 Å². The molecule has 1 aromatic carbocycles. The zero-order valence-corrected chi connectivity index (χ0v) is 17.3. The van der Waals surface area contributed by atoms with Gasteiger partial charge in [-0.1, -0.05) is 41.6 Å². The highest BCUT2D eigenvalue weighted by Gasteiger charge is 2.21. The van der Waals surface area contributed by atoms with Crippen molar-refractivity contribution in [1.82, 2.24) is 18.9 Å². The van der Waals surface area contributed by atoms with E-state index in [4.69, 9.17) is 16.6 Å². The average molecular weight is 423 g/mol. The number of rotatable bonds is 4. The number of pyridine rings is 1. The van der Waals surface area contributed by atoms with E-state index in [2.05, 4.69) is 33.8 Å². The molecule has 3 aromatic heterocycles. The summed E-state index contributed by atoms with van der Waals surface area (Å²) in [5.41, 5.74) is 4.85. The number of imidazole rings is 1. The highest BCUT2D eigenvalue weighted by Crippen LogP contribution is 2.31. The van der Waals surface area contributed by atoms with Crippen LogP contribution >= 0.6 is 23.4 Å². The molecule has 3 heterocycles. The van der Waals surface area contributed by atoms with Crippen molar-refractivity contribution >= 4 is 29.0 Å². The maximum absolute atomic E-state index is 12.4. The van der Waals surface area contributed by atoms with Gasteiger partial charge < -0.3 is 0 Å². The Bertz CT molecular complexity index is 1250. The van der Waals surface area contributed by atoms with Crippen LogP contribution in [0.5, 0.6) is 0 Å². The maximum atomic E-state index is 12.4. The molecule has 0 N–H and O–H groups in total. The summed E-state index contributed by atoms with van der Waals surface area (Å²) in [6.45, 7) is 0. The molecule has 0 bridgehead atoms. The zero-order chi connectivity index (χ0) is 19.8. The summed E-state index contributed by atoms with van der Waals surface area (Å²) < 4.78 is 3.74. The fourth-order valence-corrected chi connectivity index (χ4v) is 4.90. The highest BCUT2D eigenvalue weighted by atomic mass is 35.5. The molecule has 1 aliphatic carbocycles. The van der Waals surface area contributed by atoms with Gasteiger partial charge in [-0.3, -0.25) is 13.8 Å². The molecule has 0 saturated carbocycles. The summed E-state index contributed by atoms with van der Waals surface area (Å²) in [5, 5.41) is 1.47. The molecule has 0 amide bonds. The van der Waals surface area contributed by atoms with E-state index in [1.807, 2.05) is 6.07 Å². The number of para-hydroxylation sites is 1. The second kappa shape index (κ2) is 7.69. The molecule has 0 saturated heterocycles. The van der Waals surface area contributed by atoms with Crippen LogP contribution in [0, 0.1) is 0 Å². The Hall–Kier alpha value is -2.57. The van der Waals surface area contributed by atoms with E-state index in [1.54, 1.807) is 36.2 Å². The molecule has 0 unspecified atom stereocenters. The van der Waals surface area contributed by atoms with Gasteiger partial charge in [0.1, 0.15) is 5.65 Å². The molecule has 0 aliphatic heterocycles. The van der Waals surface area contributed by atoms with E-state index >= 15 is 0 Å². The van der Waals surface area contributed by atoms with Gasteiger partial charge >= 0.3 is 0 Å². The third kappa shape index (κ3) is 3.58. The van der Waals surface area contributed by atoms with Gasteiger partial charge in [-0.05, 0) is 49.9 Å². The Morgan fingerprint density at radius 1 is 1.03 bits per heavy atom. The van der Waals surface area contributed by atoms with Gasteiger partial charge in [0.05, 0.1) is 16.4 Å². The zero-order valence-electron chi connectivity index (χ0n) is 15.7. The van der Waals surface area contributed by atoms with Crippen LogP contribution in [0.3, 0.4) is 0 Å². The summed E-state index contributed by atoms with van der Waals surface area (Å²) in [7, 11) is 0. The minimum absolute atomic E-state index is 0.126. The van der Waals surface area contributed by atoms with E-state index in [-0.39, 0.29) is 5.56 Å². The third-order valence-electron chi connectivity index (χ3n) is 5.14. The predicted molar refractivity (Wildman–Crippen MR) is 116 cm³/mol. The lowest BCUT2D eigenvalue weighted by Gasteiger charge is -2.15. The van der Waals surface area contributed by atoms with Crippen LogP contribution < -0.4 is 5.56 Å². The highest BCUT2D eigenvalue weighted by molar-refractivity contribution is 7.98. The standard InChI is InChI=1S/C22H19ClN4OS/c23-15-10-11-20-24-16(12-21(28)26(20)13-15)14-29-22-25-18-8-4-5-9-19(18)27(22)17-6-2-1-3-7-17/h1-3,6-7,10-13H,4-5,8-9,14H2. The first-order valence-electron chi connectivity index (χ1n) is 9.65. The smallest absolute Gasteiger partial charge is 0.258 e. The van der Waals surface area contributed by atoms with Gasteiger partial charge in [-0.15, -0.1) is 0 Å². The largest absolute Gasteiger partial charge is 0.292 e. The molecular formula is C22H19ClN4OS. The Kier molecular flexibility index (Phi) is 4.89. The Morgan fingerprint density at radius 3 is 2.72 bits per heavy atom. The molecule has 146 valence electrons. The van der Waals surface area contributed by atoms with Crippen molar-refractivity contribution in [2.75, 3.05) is 0 Å². The Balaban J connectivity index is 1.50. The summed E-state index contributed by atoms with van der Waals surface area (Å²) in [6, 6.07) is 15.4. The lowest BCUT2D eigenvalue weighted by molar-refractivity contribution is 0.654. The van der Waals surface area contributed by atoms with Gasteiger partial charge in [0.15, 0.2) is 5.16 Å². The molecule has 7 heteroatoms. The number of thioether (sulfide) groups is 1. The molecule has 0 spiro atoms. The number of fused-ring (bicyclic) bond motifs is 2. The molecule has 29 heavy (non-hydrogen) atoms. The van der Waals surface area contributed by atoms with E-state index in [1.165, 1.54) is 28.6 Å². The van der Waals surface area contributed by atoms with Crippen molar-refractivity contribution in [2.24, 2.45) is 0 Å². The molecule has 0 fully saturated rings. The molecule has 0 atom stereocenters. The number of halogens is 1. The van der Waals surface area contributed by atoms with Crippen molar-refractivity contribution in [1.29, 1.82) is 0 Å². The number of aromatic nitrogens is 4. The normalized spacial score (nSPS) is 13.6. The van der Waals surface area contributed by atoms with Crippen molar-refractivity contribution in [3.05, 3.63) is 87.2 Å². The summed E-state index contributed by atoms with van der Waals surface area (Å²) >= 11 is 7.62. The summed E-state index contributed by atoms with van der Waals surface area (Å²) in [5.74, 6) is 0.580. The first-order chi connectivity index (χ1) is 14.2. The molecule has 1 aliphatic rings. The molecule has 5 nitrogen and oxygen atoms in total. The van der Waals surface area contributed by atoms with Crippen LogP contribution in [0.1, 0.15) is 29.9 Å². The van der Waals surface area contributed by atoms with Gasteiger partial charge in [0.25, 0.3) is 5.56 Å². The number of benzene rings is 1. The SMILES string of the molecule is O=c1cc(CSc2nc3c(n2-c2ccccc2)CCCC3)nc2ccc(Cl)cn12. The van der Waals surface area contributed by atoms with Crippen LogP contribution in [0.4, 0.5) is 0 Å². The molecule has 0 radical (unpaired) electrons. The van der Waals surface area contributed by atoms with Gasteiger partial charge in [0, 0.05) is 29.4 Å². The minimum atomic E-state index is -0.126. The number of aryl methyl sites for hydroxylation is 1. The molecule has 5 rings (SSSR count). The van der Waals surface area contributed by atoms with Crippen LogP contribution in [0.2, 0.25) is 5.02 Å². The third-order valence-corrected chi connectivity index (χ3v) is 6.34. The first-order valence-corrected chi connectivity index (χ1v) is 11.0. The Labute approximate surface area is 177 Å². The van der Waals surface area contributed by atoms with Crippen molar-refractivity contribution in [3.63, 3.8) is 0 Å². The minimum Gasteiger partial charge on any atom is -0.292 e. The van der Waals surface area contributed by atoms with Crippen LogP contribution in [-0.4, -0.2) is 18.9 Å². The second-order valence-electron chi connectivity index (χ2n) is 7.12. The molecular weight excluding hydrogens is 404 g/mol. The second-order valence-corrected chi connectivity index (χ2v) is 8.49. The van der Waals surface area contributed by atoms with Crippen LogP contribution in [0.15, 0.2) is 64.7 Å². The predicted octanol–water partition coefficient (Wildman–Crippen LogP) is 4.70. The van der Waals surface area contributed by atoms with Gasteiger partial charge in [0.2, 0.25) is 0 Å². The lowest BCUT2D eigenvalue weighted by Crippen LogP contribution is -2.15. The fourth-order valence-electron chi connectivity index (χ4n) is 3.79. The first kappa shape index (κ1) is 18.5. The average Bonchev–Trinajstić information content (AvgIpc) is 3.12. The quantitative estimate of drug-likeness (QED) is 0.447. The van der Waals surface area contributed by atoms with E-state index in [0.717, 1.165) is 29.4 Å². The van der Waals surface area contributed by atoms with E-state index in [0.29, 0.717) is 16.4 Å². The number of hydrogen-bond acceptors (Lipinski definition) is 4. The monoisotopic (exact) mass is 422 g/mol. The number of hydrogen-bond donors (Lipinski definition) is 0. The van der Waals surface area contributed by atoms with E-state index in [9.17, 15) is 4.79 Å². The maximum Gasteiger partial charge on any atom is 0.258 e. The molecule has 4 aromatic rings. The summed E-state index contributed by atoms with van der Waals surface area (Å²) in [4.78, 5) is 22.0. The van der Waals surface area contributed by atoms with Crippen LogP contribution in [-0.2, 0) is 18.6 Å². The topological polar surface area (TPSA) is 52.2 Å². The number of nitrogens with zero attached hydrogens (tertiary/aromatic N) is 4. The van der Waals surface area contributed by atoms with Gasteiger partial charge in [-0.25, -0.2) is 9.97 Å². The van der Waals surface area contributed by atoms with E-state index < -0.39 is 0 Å². The van der Waals surface area contributed by atoms with Crippen LogP contribution in [0.25, 0.3) is 11.3 Å². The Morgan fingerprint density at radius 2 is 1.86 bits per heavy atom. The summed E-state index contributed by atoms with van der Waals surface area (Å²) in [6.07, 6.45) is 6.06. The fraction of sp³-hybridized carbons (Fsp3) is 0.227. The van der Waals surface area contributed by atoms with Gasteiger partial charge in [-0.2, -0.15) is 0 Å². The lowest BCUT2D eigenvalue weighted by atomic mass is 10.0. The van der Waals surface area contributed by atoms with Crippen molar-refractivity contribution < 1.29 is 0 Å².